The number of carbonyl (C=O) groups is 1. The lowest BCUT2D eigenvalue weighted by molar-refractivity contribution is -0.127. The first-order valence-electron chi connectivity index (χ1n) is 9.83. The predicted octanol–water partition coefficient (Wildman–Crippen LogP) is 1.97. The van der Waals surface area contributed by atoms with Gasteiger partial charge in [0.05, 0.1) is 0 Å². The molecule has 0 bridgehead atoms. The highest BCUT2D eigenvalue weighted by molar-refractivity contribution is 5.84. The molecule has 1 rings (SSSR count). The standard InChI is InChI=1S/C21H37N5O/c1-17(2)26(18(3)4)15-14-23-21(24-16-20(27)25(5)6)22-13-12-19-10-8-7-9-11-19/h7-11,17-18H,12-16H2,1-6H3,(H2,22,23,24). The number of amides is 1. The number of rotatable bonds is 10. The van der Waals surface area contributed by atoms with Crippen LogP contribution in [0.2, 0.25) is 0 Å². The van der Waals surface area contributed by atoms with Crippen molar-refractivity contribution in [2.75, 3.05) is 40.3 Å². The molecule has 0 aromatic heterocycles. The average Bonchev–Trinajstić information content (AvgIpc) is 2.62. The molecule has 27 heavy (non-hydrogen) atoms. The highest BCUT2D eigenvalue weighted by atomic mass is 16.2. The smallest absolute Gasteiger partial charge is 0.243 e. The van der Waals surface area contributed by atoms with Gasteiger partial charge in [0, 0.05) is 45.8 Å². The van der Waals surface area contributed by atoms with Gasteiger partial charge in [0.2, 0.25) is 5.91 Å². The van der Waals surface area contributed by atoms with E-state index in [0.29, 0.717) is 18.0 Å². The van der Waals surface area contributed by atoms with Crippen molar-refractivity contribution in [1.29, 1.82) is 0 Å². The molecule has 0 aliphatic carbocycles. The van der Waals surface area contributed by atoms with Crippen molar-refractivity contribution in [2.24, 2.45) is 4.99 Å². The Balaban J connectivity index is 2.58. The van der Waals surface area contributed by atoms with Crippen LogP contribution < -0.4 is 10.6 Å². The summed E-state index contributed by atoms with van der Waals surface area (Å²) in [5.74, 6) is 0.679. The first kappa shape index (κ1) is 23.0. The minimum Gasteiger partial charge on any atom is -0.356 e. The second-order valence-corrected chi connectivity index (χ2v) is 7.47. The Morgan fingerprint density at radius 2 is 1.59 bits per heavy atom. The molecule has 0 unspecified atom stereocenters. The van der Waals surface area contributed by atoms with Crippen molar-refractivity contribution in [3.05, 3.63) is 35.9 Å². The van der Waals surface area contributed by atoms with Crippen LogP contribution in [0, 0.1) is 0 Å². The molecule has 0 aliphatic heterocycles. The molecule has 0 saturated heterocycles. The Hall–Kier alpha value is -2.08. The van der Waals surface area contributed by atoms with Gasteiger partial charge in [0.15, 0.2) is 5.96 Å². The maximum absolute atomic E-state index is 11.9. The van der Waals surface area contributed by atoms with Crippen LogP contribution in [0.5, 0.6) is 0 Å². The van der Waals surface area contributed by atoms with Crippen molar-refractivity contribution in [3.8, 4) is 0 Å². The summed E-state index contributed by atoms with van der Waals surface area (Å²) in [4.78, 5) is 20.3. The van der Waals surface area contributed by atoms with Gasteiger partial charge in [-0.3, -0.25) is 9.69 Å². The monoisotopic (exact) mass is 375 g/mol. The number of benzene rings is 1. The van der Waals surface area contributed by atoms with Gasteiger partial charge in [-0.05, 0) is 39.7 Å². The molecule has 0 saturated carbocycles. The Labute approximate surface area is 165 Å². The third-order valence-corrected chi connectivity index (χ3v) is 4.41. The number of nitrogens with one attached hydrogen (secondary N) is 2. The van der Waals surface area contributed by atoms with Crippen molar-refractivity contribution in [2.45, 2.75) is 46.2 Å². The molecular weight excluding hydrogens is 338 g/mol. The highest BCUT2D eigenvalue weighted by Crippen LogP contribution is 2.03. The zero-order valence-corrected chi connectivity index (χ0v) is 17.8. The number of hydrogen-bond donors (Lipinski definition) is 2. The Kier molecular flexibility index (Phi) is 10.5. The van der Waals surface area contributed by atoms with Gasteiger partial charge in [0.25, 0.3) is 0 Å². The summed E-state index contributed by atoms with van der Waals surface area (Å²) < 4.78 is 0. The van der Waals surface area contributed by atoms with Crippen LogP contribution in [0.3, 0.4) is 0 Å². The van der Waals surface area contributed by atoms with Gasteiger partial charge in [-0.2, -0.15) is 0 Å². The largest absolute Gasteiger partial charge is 0.356 e. The van der Waals surface area contributed by atoms with E-state index in [9.17, 15) is 4.79 Å². The van der Waals surface area contributed by atoms with Crippen LogP contribution in [-0.4, -0.2) is 74.0 Å². The Bertz CT molecular complexity index is 561. The quantitative estimate of drug-likeness (QED) is 0.485. The lowest BCUT2D eigenvalue weighted by Crippen LogP contribution is -2.46. The Morgan fingerprint density at radius 3 is 2.15 bits per heavy atom. The molecule has 0 heterocycles. The molecule has 0 fully saturated rings. The van der Waals surface area contributed by atoms with E-state index in [-0.39, 0.29) is 12.5 Å². The predicted molar refractivity (Wildman–Crippen MR) is 114 cm³/mol. The van der Waals surface area contributed by atoms with E-state index in [1.54, 1.807) is 19.0 Å². The molecule has 0 atom stereocenters. The first-order chi connectivity index (χ1) is 12.8. The molecule has 0 radical (unpaired) electrons. The zero-order chi connectivity index (χ0) is 20.2. The van der Waals surface area contributed by atoms with E-state index < -0.39 is 0 Å². The van der Waals surface area contributed by atoms with Crippen LogP contribution >= 0.6 is 0 Å². The minimum atomic E-state index is -0.00912. The van der Waals surface area contributed by atoms with Gasteiger partial charge in [-0.15, -0.1) is 0 Å². The Morgan fingerprint density at radius 1 is 1.00 bits per heavy atom. The van der Waals surface area contributed by atoms with Crippen molar-refractivity contribution in [1.82, 2.24) is 20.4 Å². The van der Waals surface area contributed by atoms with Crippen LogP contribution in [-0.2, 0) is 11.2 Å². The summed E-state index contributed by atoms with van der Waals surface area (Å²) in [5.41, 5.74) is 1.28. The number of nitrogens with zero attached hydrogens (tertiary/aromatic N) is 3. The maximum atomic E-state index is 11.9. The van der Waals surface area contributed by atoms with Crippen molar-refractivity contribution < 1.29 is 4.79 Å². The molecule has 1 amide bonds. The first-order valence-corrected chi connectivity index (χ1v) is 9.83. The van der Waals surface area contributed by atoms with Crippen LogP contribution in [0.25, 0.3) is 0 Å². The molecule has 6 heteroatoms. The number of hydrogen-bond acceptors (Lipinski definition) is 3. The molecule has 1 aromatic rings. The minimum absolute atomic E-state index is 0.00912. The van der Waals surface area contributed by atoms with E-state index >= 15 is 0 Å². The SMILES string of the molecule is CC(C)N(CCNC(=NCC(=O)N(C)C)NCCc1ccccc1)C(C)C. The van der Waals surface area contributed by atoms with Gasteiger partial charge in [-0.1, -0.05) is 30.3 Å². The van der Waals surface area contributed by atoms with Crippen LogP contribution in [0.15, 0.2) is 35.3 Å². The molecule has 1 aromatic carbocycles. The van der Waals surface area contributed by atoms with E-state index in [1.807, 2.05) is 18.2 Å². The molecule has 0 aliphatic rings. The van der Waals surface area contributed by atoms with Crippen LogP contribution in [0.4, 0.5) is 0 Å². The van der Waals surface area contributed by atoms with Gasteiger partial charge in [-0.25, -0.2) is 4.99 Å². The molecule has 0 spiro atoms. The van der Waals surface area contributed by atoms with Gasteiger partial charge >= 0.3 is 0 Å². The van der Waals surface area contributed by atoms with E-state index in [1.165, 1.54) is 5.56 Å². The zero-order valence-electron chi connectivity index (χ0n) is 17.8. The third-order valence-electron chi connectivity index (χ3n) is 4.41. The number of guanidine groups is 1. The lowest BCUT2D eigenvalue weighted by Gasteiger charge is -2.30. The van der Waals surface area contributed by atoms with E-state index in [4.69, 9.17) is 0 Å². The molecule has 6 nitrogen and oxygen atoms in total. The van der Waals surface area contributed by atoms with E-state index in [0.717, 1.165) is 26.1 Å². The molecule has 152 valence electrons. The molecular formula is C21H37N5O. The number of aliphatic imine (C=N–C) groups is 1. The third kappa shape index (κ3) is 9.43. The topological polar surface area (TPSA) is 60.0 Å². The average molecular weight is 376 g/mol. The number of likely N-dealkylation sites (N-methyl/N-ethyl adjacent to an activating group) is 1. The van der Waals surface area contributed by atoms with Gasteiger partial charge < -0.3 is 15.5 Å². The highest BCUT2D eigenvalue weighted by Gasteiger charge is 2.13. The second kappa shape index (κ2) is 12.3. The molecule has 2 N–H and O–H groups in total. The maximum Gasteiger partial charge on any atom is 0.243 e. The fourth-order valence-electron chi connectivity index (χ4n) is 2.85. The summed E-state index contributed by atoms with van der Waals surface area (Å²) >= 11 is 0. The fraction of sp³-hybridized carbons (Fsp3) is 0.619. The normalized spacial score (nSPS) is 12.0. The summed E-state index contributed by atoms with van der Waals surface area (Å²) in [6.45, 7) is 11.5. The lowest BCUT2D eigenvalue weighted by atomic mass is 10.1. The summed E-state index contributed by atoms with van der Waals surface area (Å²) in [7, 11) is 3.49. The van der Waals surface area contributed by atoms with Crippen molar-refractivity contribution in [3.63, 3.8) is 0 Å². The van der Waals surface area contributed by atoms with Gasteiger partial charge in [0.1, 0.15) is 6.54 Å². The van der Waals surface area contributed by atoms with E-state index in [2.05, 4.69) is 60.4 Å². The fourth-order valence-corrected chi connectivity index (χ4v) is 2.85. The second-order valence-electron chi connectivity index (χ2n) is 7.47. The number of carbonyl (C=O) groups excluding carboxylic acids is 1. The van der Waals surface area contributed by atoms with Crippen molar-refractivity contribution >= 4 is 11.9 Å². The summed E-state index contributed by atoms with van der Waals surface area (Å²) in [5, 5.41) is 6.71. The summed E-state index contributed by atoms with van der Waals surface area (Å²) in [6.07, 6.45) is 0.910. The summed E-state index contributed by atoms with van der Waals surface area (Å²) in [6, 6.07) is 11.3. The van der Waals surface area contributed by atoms with Crippen LogP contribution in [0.1, 0.15) is 33.3 Å².